The minimum atomic E-state index is 0.475. The highest BCUT2D eigenvalue weighted by molar-refractivity contribution is 4.82. The summed E-state index contributed by atoms with van der Waals surface area (Å²) in [6.07, 6.45) is 6.82. The van der Waals surface area contributed by atoms with Gasteiger partial charge in [0.1, 0.15) is 0 Å². The van der Waals surface area contributed by atoms with Crippen molar-refractivity contribution in [1.82, 2.24) is 15.5 Å². The Morgan fingerprint density at radius 3 is 2.56 bits per heavy atom. The van der Waals surface area contributed by atoms with Crippen LogP contribution in [0.4, 0.5) is 0 Å². The zero-order valence-electron chi connectivity index (χ0n) is 11.8. The molecule has 4 heteroatoms. The minimum Gasteiger partial charge on any atom is -0.343 e. The lowest BCUT2D eigenvalue weighted by Gasteiger charge is -2.37. The average Bonchev–Trinajstić information content (AvgIpc) is 2.82. The van der Waals surface area contributed by atoms with Gasteiger partial charge < -0.3 is 9.84 Å². The summed E-state index contributed by atoms with van der Waals surface area (Å²) in [5.41, 5.74) is 0.475. The molecule has 0 atom stereocenters. The van der Waals surface area contributed by atoms with E-state index in [0.29, 0.717) is 5.41 Å². The van der Waals surface area contributed by atoms with Crippen molar-refractivity contribution < 1.29 is 4.52 Å². The van der Waals surface area contributed by atoms with Crippen LogP contribution < -0.4 is 5.32 Å². The second kappa shape index (κ2) is 5.83. The molecule has 1 aromatic rings. The Balaban J connectivity index is 1.65. The van der Waals surface area contributed by atoms with E-state index in [1.807, 2.05) is 0 Å². The van der Waals surface area contributed by atoms with E-state index in [9.17, 15) is 0 Å². The summed E-state index contributed by atoms with van der Waals surface area (Å²) in [6.45, 7) is 8.90. The Bertz CT molecular complexity index is 334. The molecule has 0 aromatic carbocycles. The van der Waals surface area contributed by atoms with Gasteiger partial charge in [-0.15, -0.1) is 0 Å². The molecule has 1 fully saturated rings. The van der Waals surface area contributed by atoms with Crippen LogP contribution in [0.25, 0.3) is 0 Å². The van der Waals surface area contributed by atoms with Crippen molar-refractivity contribution in [3.63, 3.8) is 0 Å². The summed E-state index contributed by atoms with van der Waals surface area (Å²) in [7, 11) is 0. The van der Waals surface area contributed by atoms with E-state index in [2.05, 4.69) is 36.2 Å². The Morgan fingerprint density at radius 2 is 2.00 bits per heavy atom. The summed E-state index contributed by atoms with van der Waals surface area (Å²) in [5.74, 6) is 2.46. The van der Waals surface area contributed by atoms with E-state index in [-0.39, 0.29) is 0 Å². The van der Waals surface area contributed by atoms with Gasteiger partial charge in [-0.05, 0) is 49.5 Å². The molecule has 0 unspecified atom stereocenters. The van der Waals surface area contributed by atoms with Gasteiger partial charge in [0.2, 0.25) is 6.39 Å². The first-order valence-electron chi connectivity index (χ1n) is 7.01. The standard InChI is InChI=1S/C14H25N3O/c1-14(2,3)12-6-4-11(5-7-12)8-15-9-13-16-10-18-17-13/h10-12,15H,4-9H2,1-3H3. The molecule has 0 aliphatic heterocycles. The van der Waals surface area contributed by atoms with Crippen molar-refractivity contribution in [2.75, 3.05) is 6.54 Å². The second-order valence-electron chi connectivity index (χ2n) is 6.56. The number of aromatic nitrogens is 2. The fraction of sp³-hybridized carbons (Fsp3) is 0.857. The molecule has 1 N–H and O–H groups in total. The normalized spacial score (nSPS) is 25.3. The maximum atomic E-state index is 4.71. The Hall–Kier alpha value is -0.900. The Kier molecular flexibility index (Phi) is 4.38. The van der Waals surface area contributed by atoms with Gasteiger partial charge in [0.25, 0.3) is 0 Å². The van der Waals surface area contributed by atoms with Crippen LogP contribution in [-0.2, 0) is 6.54 Å². The molecule has 1 heterocycles. The van der Waals surface area contributed by atoms with Gasteiger partial charge in [-0.25, -0.2) is 0 Å². The van der Waals surface area contributed by atoms with Crippen LogP contribution in [0, 0.1) is 17.3 Å². The molecule has 1 aliphatic carbocycles. The molecule has 4 nitrogen and oxygen atoms in total. The first kappa shape index (κ1) is 13.5. The summed E-state index contributed by atoms with van der Waals surface area (Å²) in [4.78, 5) is 4.00. The molecule has 1 aliphatic rings. The van der Waals surface area contributed by atoms with Gasteiger partial charge >= 0.3 is 0 Å². The second-order valence-corrected chi connectivity index (χ2v) is 6.56. The first-order valence-corrected chi connectivity index (χ1v) is 7.01. The smallest absolute Gasteiger partial charge is 0.213 e. The van der Waals surface area contributed by atoms with Crippen molar-refractivity contribution in [3.05, 3.63) is 12.2 Å². The topological polar surface area (TPSA) is 51.0 Å². The molecule has 102 valence electrons. The number of rotatable bonds is 4. The molecular weight excluding hydrogens is 226 g/mol. The lowest BCUT2D eigenvalue weighted by Crippen LogP contribution is -2.30. The van der Waals surface area contributed by atoms with Crippen LogP contribution in [0.3, 0.4) is 0 Å². The van der Waals surface area contributed by atoms with Gasteiger partial charge in [-0.1, -0.05) is 25.9 Å². The van der Waals surface area contributed by atoms with E-state index in [0.717, 1.165) is 30.7 Å². The molecule has 0 amide bonds. The Morgan fingerprint density at radius 1 is 1.28 bits per heavy atom. The number of nitrogens with one attached hydrogen (secondary N) is 1. The lowest BCUT2D eigenvalue weighted by atomic mass is 9.70. The molecule has 0 spiro atoms. The maximum Gasteiger partial charge on any atom is 0.213 e. The van der Waals surface area contributed by atoms with Gasteiger partial charge in [-0.2, -0.15) is 4.98 Å². The molecular formula is C14H25N3O. The lowest BCUT2D eigenvalue weighted by molar-refractivity contribution is 0.149. The highest BCUT2D eigenvalue weighted by atomic mass is 16.5. The average molecular weight is 251 g/mol. The van der Waals surface area contributed by atoms with Gasteiger partial charge in [0, 0.05) is 0 Å². The van der Waals surface area contributed by atoms with Crippen LogP contribution in [0.1, 0.15) is 52.3 Å². The summed E-state index contributed by atoms with van der Waals surface area (Å²) in [5, 5.41) is 7.22. The summed E-state index contributed by atoms with van der Waals surface area (Å²) >= 11 is 0. The zero-order valence-corrected chi connectivity index (χ0v) is 11.8. The molecule has 1 aromatic heterocycles. The van der Waals surface area contributed by atoms with Crippen molar-refractivity contribution >= 4 is 0 Å². The Labute approximate surface area is 110 Å². The van der Waals surface area contributed by atoms with E-state index in [1.54, 1.807) is 0 Å². The molecule has 18 heavy (non-hydrogen) atoms. The highest BCUT2D eigenvalue weighted by Crippen LogP contribution is 2.39. The van der Waals surface area contributed by atoms with Crippen LogP contribution >= 0.6 is 0 Å². The largest absolute Gasteiger partial charge is 0.343 e. The fourth-order valence-corrected chi connectivity index (χ4v) is 2.89. The van der Waals surface area contributed by atoms with Gasteiger partial charge in [-0.3, -0.25) is 0 Å². The predicted octanol–water partition coefficient (Wildman–Crippen LogP) is 3.01. The van der Waals surface area contributed by atoms with E-state index >= 15 is 0 Å². The summed E-state index contributed by atoms with van der Waals surface area (Å²) < 4.78 is 4.71. The third kappa shape index (κ3) is 3.80. The third-order valence-electron chi connectivity index (χ3n) is 4.19. The maximum absolute atomic E-state index is 4.71. The van der Waals surface area contributed by atoms with Crippen molar-refractivity contribution in [3.8, 4) is 0 Å². The molecule has 1 saturated carbocycles. The van der Waals surface area contributed by atoms with Crippen LogP contribution in [0.2, 0.25) is 0 Å². The summed E-state index contributed by atoms with van der Waals surface area (Å²) in [6, 6.07) is 0. The highest BCUT2D eigenvalue weighted by Gasteiger charge is 2.29. The number of nitrogens with zero attached hydrogens (tertiary/aromatic N) is 2. The van der Waals surface area contributed by atoms with Gasteiger partial charge in [0.05, 0.1) is 6.54 Å². The number of hydrogen-bond acceptors (Lipinski definition) is 4. The van der Waals surface area contributed by atoms with E-state index < -0.39 is 0 Å². The van der Waals surface area contributed by atoms with Crippen molar-refractivity contribution in [2.45, 2.75) is 53.0 Å². The van der Waals surface area contributed by atoms with Crippen molar-refractivity contribution in [2.24, 2.45) is 17.3 Å². The quantitative estimate of drug-likeness (QED) is 0.893. The van der Waals surface area contributed by atoms with Crippen LogP contribution in [0.15, 0.2) is 10.9 Å². The molecule has 0 radical (unpaired) electrons. The minimum absolute atomic E-state index is 0.475. The predicted molar refractivity (Wildman–Crippen MR) is 70.9 cm³/mol. The van der Waals surface area contributed by atoms with Gasteiger partial charge in [0.15, 0.2) is 5.82 Å². The monoisotopic (exact) mass is 251 g/mol. The fourth-order valence-electron chi connectivity index (χ4n) is 2.89. The first-order chi connectivity index (χ1) is 8.55. The van der Waals surface area contributed by atoms with E-state index in [4.69, 9.17) is 4.52 Å². The van der Waals surface area contributed by atoms with E-state index in [1.165, 1.54) is 32.1 Å². The molecule has 0 saturated heterocycles. The molecule has 2 rings (SSSR count). The SMILES string of the molecule is CC(C)(C)C1CCC(CNCc2ncon2)CC1. The van der Waals surface area contributed by atoms with Crippen LogP contribution in [-0.4, -0.2) is 16.7 Å². The third-order valence-corrected chi connectivity index (χ3v) is 4.19. The number of hydrogen-bond donors (Lipinski definition) is 1. The molecule has 0 bridgehead atoms. The van der Waals surface area contributed by atoms with Crippen molar-refractivity contribution in [1.29, 1.82) is 0 Å². The zero-order chi connectivity index (χ0) is 13.0. The van der Waals surface area contributed by atoms with Crippen LogP contribution in [0.5, 0.6) is 0 Å².